The summed E-state index contributed by atoms with van der Waals surface area (Å²) in [5.41, 5.74) is -0.497. The lowest BCUT2D eigenvalue weighted by Crippen LogP contribution is -2.36. The molecule has 0 spiro atoms. The molecule has 5 nitrogen and oxygen atoms in total. The Morgan fingerprint density at radius 1 is 1.26 bits per heavy atom. The number of rotatable bonds is 4. The normalized spacial score (nSPS) is 10.9. The van der Waals surface area contributed by atoms with E-state index in [9.17, 15) is 4.79 Å². The van der Waals surface area contributed by atoms with Crippen LogP contribution in [0.15, 0.2) is 24.3 Å². The van der Waals surface area contributed by atoms with E-state index in [1.165, 1.54) is 4.90 Å². The van der Waals surface area contributed by atoms with Crippen molar-refractivity contribution in [2.75, 3.05) is 20.2 Å². The molecular formula is C14H21NO4. The number of hydrogen-bond acceptors (Lipinski definition) is 4. The summed E-state index contributed by atoms with van der Waals surface area (Å²) in [6.45, 7) is 6.26. The quantitative estimate of drug-likeness (QED) is 0.911. The van der Waals surface area contributed by atoms with Crippen molar-refractivity contribution in [3.8, 4) is 11.5 Å². The van der Waals surface area contributed by atoms with E-state index >= 15 is 0 Å². The molecule has 1 aromatic rings. The van der Waals surface area contributed by atoms with Crippen LogP contribution < -0.4 is 4.74 Å². The fraction of sp³-hybridized carbons (Fsp3) is 0.500. The Bertz CT molecular complexity index is 408. The van der Waals surface area contributed by atoms with Gasteiger partial charge in [-0.3, -0.25) is 0 Å². The first-order valence-corrected chi connectivity index (χ1v) is 6.14. The van der Waals surface area contributed by atoms with Gasteiger partial charge in [0.25, 0.3) is 0 Å². The van der Waals surface area contributed by atoms with E-state index in [0.717, 1.165) is 0 Å². The molecule has 106 valence electrons. The van der Waals surface area contributed by atoms with Crippen LogP contribution in [0.4, 0.5) is 4.79 Å². The number of likely N-dealkylation sites (N-methyl/N-ethyl adjacent to an activating group) is 1. The summed E-state index contributed by atoms with van der Waals surface area (Å²) in [6, 6.07) is 6.44. The fourth-order valence-corrected chi connectivity index (χ4v) is 1.27. The van der Waals surface area contributed by atoms with Gasteiger partial charge in [0.15, 0.2) is 0 Å². The van der Waals surface area contributed by atoms with E-state index in [0.29, 0.717) is 18.9 Å². The first-order valence-electron chi connectivity index (χ1n) is 6.14. The molecule has 0 heterocycles. The molecule has 0 radical (unpaired) electrons. The lowest BCUT2D eigenvalue weighted by Gasteiger charge is -2.24. The van der Waals surface area contributed by atoms with Crippen LogP contribution in [0.5, 0.6) is 11.5 Å². The Morgan fingerprint density at radius 3 is 2.37 bits per heavy atom. The minimum Gasteiger partial charge on any atom is -0.508 e. The predicted molar refractivity (Wildman–Crippen MR) is 72.5 cm³/mol. The number of phenols is 1. The number of ether oxygens (including phenoxy) is 2. The highest BCUT2D eigenvalue weighted by Gasteiger charge is 2.19. The third kappa shape index (κ3) is 5.99. The summed E-state index contributed by atoms with van der Waals surface area (Å²) in [4.78, 5) is 13.1. The van der Waals surface area contributed by atoms with Gasteiger partial charge in [-0.15, -0.1) is 0 Å². The van der Waals surface area contributed by atoms with Crippen LogP contribution in [-0.4, -0.2) is 41.9 Å². The van der Waals surface area contributed by atoms with Crippen molar-refractivity contribution in [2.45, 2.75) is 26.4 Å². The minimum atomic E-state index is -0.497. The van der Waals surface area contributed by atoms with Gasteiger partial charge in [-0.25, -0.2) is 4.79 Å². The van der Waals surface area contributed by atoms with Crippen molar-refractivity contribution >= 4 is 6.09 Å². The van der Waals surface area contributed by atoms with Crippen LogP contribution in [0, 0.1) is 0 Å². The Balaban J connectivity index is 2.32. The van der Waals surface area contributed by atoms with Crippen molar-refractivity contribution in [1.82, 2.24) is 4.90 Å². The summed E-state index contributed by atoms with van der Waals surface area (Å²) in [7, 11) is 1.66. The molecule has 19 heavy (non-hydrogen) atoms. The van der Waals surface area contributed by atoms with Crippen molar-refractivity contribution in [3.63, 3.8) is 0 Å². The van der Waals surface area contributed by atoms with Crippen molar-refractivity contribution in [3.05, 3.63) is 24.3 Å². The van der Waals surface area contributed by atoms with Gasteiger partial charge in [0.05, 0.1) is 6.54 Å². The summed E-state index contributed by atoms with van der Waals surface area (Å²) in [5, 5.41) is 9.13. The molecule has 0 bridgehead atoms. The monoisotopic (exact) mass is 267 g/mol. The number of nitrogens with zero attached hydrogens (tertiary/aromatic N) is 1. The van der Waals surface area contributed by atoms with E-state index in [1.807, 2.05) is 20.8 Å². The lowest BCUT2D eigenvalue weighted by molar-refractivity contribution is 0.0278. The molecule has 0 unspecified atom stereocenters. The van der Waals surface area contributed by atoms with Crippen LogP contribution in [0.25, 0.3) is 0 Å². The maximum absolute atomic E-state index is 11.7. The predicted octanol–water partition coefficient (Wildman–Crippen LogP) is 2.64. The number of carbonyl (C=O) groups is 1. The molecular weight excluding hydrogens is 246 g/mol. The number of carbonyl (C=O) groups excluding carboxylic acids is 1. The third-order valence-electron chi connectivity index (χ3n) is 2.24. The topological polar surface area (TPSA) is 59.0 Å². The average molecular weight is 267 g/mol. The van der Waals surface area contributed by atoms with E-state index < -0.39 is 5.60 Å². The number of benzene rings is 1. The second-order valence-electron chi connectivity index (χ2n) is 5.24. The van der Waals surface area contributed by atoms with E-state index in [4.69, 9.17) is 14.6 Å². The number of aromatic hydroxyl groups is 1. The van der Waals surface area contributed by atoms with Gasteiger partial charge in [0.1, 0.15) is 23.7 Å². The molecule has 0 aliphatic rings. The van der Waals surface area contributed by atoms with Crippen molar-refractivity contribution in [2.24, 2.45) is 0 Å². The Morgan fingerprint density at radius 2 is 1.84 bits per heavy atom. The molecule has 1 aromatic carbocycles. The molecule has 0 aromatic heterocycles. The molecule has 0 saturated heterocycles. The van der Waals surface area contributed by atoms with Crippen LogP contribution in [0.3, 0.4) is 0 Å². The molecule has 1 N–H and O–H groups in total. The van der Waals surface area contributed by atoms with Crippen LogP contribution in [0.2, 0.25) is 0 Å². The highest BCUT2D eigenvalue weighted by Crippen LogP contribution is 2.15. The van der Waals surface area contributed by atoms with Crippen LogP contribution in [0.1, 0.15) is 20.8 Å². The fourth-order valence-electron chi connectivity index (χ4n) is 1.27. The SMILES string of the molecule is CN(CCOc1ccc(O)cc1)C(=O)OC(C)(C)C. The molecule has 0 atom stereocenters. The largest absolute Gasteiger partial charge is 0.508 e. The first kappa shape index (κ1) is 15.1. The number of hydrogen-bond donors (Lipinski definition) is 1. The van der Waals surface area contributed by atoms with Gasteiger partial charge in [0.2, 0.25) is 0 Å². The Labute approximate surface area is 113 Å². The highest BCUT2D eigenvalue weighted by atomic mass is 16.6. The molecule has 1 amide bonds. The molecule has 0 aliphatic heterocycles. The summed E-state index contributed by atoms with van der Waals surface area (Å²) < 4.78 is 10.7. The van der Waals surface area contributed by atoms with Gasteiger partial charge in [-0.05, 0) is 45.0 Å². The Hall–Kier alpha value is -1.91. The molecule has 5 heteroatoms. The van der Waals surface area contributed by atoms with E-state index in [-0.39, 0.29) is 11.8 Å². The zero-order valence-electron chi connectivity index (χ0n) is 11.8. The van der Waals surface area contributed by atoms with Gasteiger partial charge in [-0.1, -0.05) is 0 Å². The van der Waals surface area contributed by atoms with Gasteiger partial charge in [0, 0.05) is 7.05 Å². The lowest BCUT2D eigenvalue weighted by atomic mass is 10.2. The average Bonchev–Trinajstić information content (AvgIpc) is 2.29. The second-order valence-corrected chi connectivity index (χ2v) is 5.24. The third-order valence-corrected chi connectivity index (χ3v) is 2.24. The molecule has 1 rings (SSSR count). The first-order chi connectivity index (χ1) is 8.78. The Kier molecular flexibility index (Phi) is 5.03. The molecule has 0 aliphatic carbocycles. The molecule has 0 fully saturated rings. The van der Waals surface area contributed by atoms with Crippen molar-refractivity contribution < 1.29 is 19.4 Å². The number of amides is 1. The zero-order chi connectivity index (χ0) is 14.5. The summed E-state index contributed by atoms with van der Waals surface area (Å²) >= 11 is 0. The smallest absolute Gasteiger partial charge is 0.410 e. The summed E-state index contributed by atoms with van der Waals surface area (Å²) in [5.74, 6) is 0.841. The minimum absolute atomic E-state index is 0.193. The number of phenolic OH excluding ortho intramolecular Hbond substituents is 1. The highest BCUT2D eigenvalue weighted by molar-refractivity contribution is 5.67. The molecule has 0 saturated carbocycles. The summed E-state index contributed by atoms with van der Waals surface area (Å²) in [6.07, 6.45) is -0.373. The second kappa shape index (κ2) is 6.31. The maximum Gasteiger partial charge on any atom is 0.410 e. The van der Waals surface area contributed by atoms with Crippen molar-refractivity contribution in [1.29, 1.82) is 0 Å². The van der Waals surface area contributed by atoms with E-state index in [2.05, 4.69) is 0 Å². The van der Waals surface area contributed by atoms with Gasteiger partial charge >= 0.3 is 6.09 Å². The van der Waals surface area contributed by atoms with Crippen LogP contribution in [-0.2, 0) is 4.74 Å². The maximum atomic E-state index is 11.7. The van der Waals surface area contributed by atoms with Gasteiger partial charge < -0.3 is 19.5 Å². The van der Waals surface area contributed by atoms with Gasteiger partial charge in [-0.2, -0.15) is 0 Å². The standard InChI is InChI=1S/C14H21NO4/c1-14(2,3)19-13(17)15(4)9-10-18-12-7-5-11(16)6-8-12/h5-8,16H,9-10H2,1-4H3. The van der Waals surface area contributed by atoms with E-state index in [1.54, 1.807) is 31.3 Å². The van der Waals surface area contributed by atoms with Crippen LogP contribution >= 0.6 is 0 Å². The zero-order valence-corrected chi connectivity index (χ0v) is 11.8.